The first-order chi connectivity index (χ1) is 14.6. The molecular weight excluding hydrogens is 418 g/mol. The number of para-hydroxylation sites is 1. The van der Waals surface area contributed by atoms with Crippen molar-refractivity contribution in [1.29, 1.82) is 0 Å². The van der Waals surface area contributed by atoms with Crippen LogP contribution in [0.25, 0.3) is 11.4 Å². The lowest BCUT2D eigenvalue weighted by atomic mass is 9.78. The van der Waals surface area contributed by atoms with Gasteiger partial charge in [0, 0.05) is 41.3 Å². The third-order valence-electron chi connectivity index (χ3n) is 6.02. The summed E-state index contributed by atoms with van der Waals surface area (Å²) >= 11 is 8.03. The van der Waals surface area contributed by atoms with Crippen molar-refractivity contribution < 1.29 is 9.47 Å². The average molecular weight is 442 g/mol. The van der Waals surface area contributed by atoms with E-state index in [1.165, 1.54) is 10.4 Å². The number of methoxy groups -OCH3 is 1. The highest BCUT2D eigenvalue weighted by Gasteiger charge is 2.46. The number of rotatable bonds is 3. The third-order valence-corrected chi connectivity index (χ3v) is 7.51. The average Bonchev–Trinajstić information content (AvgIpc) is 3.15. The van der Waals surface area contributed by atoms with Crippen LogP contribution in [0.3, 0.4) is 0 Å². The van der Waals surface area contributed by atoms with E-state index in [1.54, 1.807) is 18.4 Å². The zero-order valence-corrected chi connectivity index (χ0v) is 18.6. The molecule has 0 radical (unpaired) electrons. The van der Waals surface area contributed by atoms with E-state index in [-0.39, 0.29) is 11.6 Å². The van der Waals surface area contributed by atoms with Gasteiger partial charge in [-0.3, -0.25) is 0 Å². The number of nitrogens with zero attached hydrogens (tertiary/aromatic N) is 2. The molecule has 5 rings (SSSR count). The molecule has 2 aliphatic rings. The number of thiophene rings is 1. The Morgan fingerprint density at radius 2 is 2.03 bits per heavy atom. The number of halogens is 1. The molecule has 1 saturated heterocycles. The molecule has 1 fully saturated rings. The molecule has 4 heterocycles. The lowest BCUT2D eigenvalue weighted by Crippen LogP contribution is -2.49. The van der Waals surface area contributed by atoms with Gasteiger partial charge in [0.05, 0.1) is 23.6 Å². The van der Waals surface area contributed by atoms with Crippen LogP contribution in [0, 0.1) is 0 Å². The van der Waals surface area contributed by atoms with E-state index in [0.717, 1.165) is 47.1 Å². The molecule has 0 bridgehead atoms. The Balaban J connectivity index is 1.45. The molecule has 1 spiro atoms. The first-order valence-corrected chi connectivity index (χ1v) is 11.4. The molecule has 2 aliphatic heterocycles. The second kappa shape index (κ2) is 7.93. The molecule has 30 heavy (non-hydrogen) atoms. The van der Waals surface area contributed by atoms with Crippen molar-refractivity contribution in [2.45, 2.75) is 43.9 Å². The summed E-state index contributed by atoms with van der Waals surface area (Å²) in [6, 6.07) is 10.3. The molecule has 0 saturated carbocycles. The van der Waals surface area contributed by atoms with Gasteiger partial charge in [0.2, 0.25) is 0 Å². The van der Waals surface area contributed by atoms with Crippen LogP contribution in [0.2, 0.25) is 4.34 Å². The van der Waals surface area contributed by atoms with Crippen molar-refractivity contribution in [2.75, 3.05) is 13.7 Å². The second-order valence-corrected chi connectivity index (χ2v) is 9.75. The summed E-state index contributed by atoms with van der Waals surface area (Å²) in [7, 11) is 1.66. The zero-order valence-electron chi connectivity index (χ0n) is 17.0. The van der Waals surface area contributed by atoms with Gasteiger partial charge in [0.15, 0.2) is 5.82 Å². The van der Waals surface area contributed by atoms with Crippen molar-refractivity contribution in [3.05, 3.63) is 63.1 Å². The van der Waals surface area contributed by atoms with E-state index in [2.05, 4.69) is 28.3 Å². The summed E-state index contributed by atoms with van der Waals surface area (Å²) in [6.07, 6.45) is 6.56. The topological polar surface area (TPSA) is 56.3 Å². The summed E-state index contributed by atoms with van der Waals surface area (Å²) in [4.78, 5) is 10.6. The number of benzene rings is 1. The highest BCUT2D eigenvalue weighted by molar-refractivity contribution is 7.16. The first kappa shape index (κ1) is 19.9. The number of fused-ring (bicyclic) bond motifs is 2. The van der Waals surface area contributed by atoms with E-state index in [4.69, 9.17) is 21.1 Å². The van der Waals surface area contributed by atoms with Gasteiger partial charge in [-0.1, -0.05) is 23.7 Å². The third kappa shape index (κ3) is 3.52. The summed E-state index contributed by atoms with van der Waals surface area (Å²) in [5, 5.41) is 3.71. The lowest BCUT2D eigenvalue weighted by molar-refractivity contribution is -0.0954. The van der Waals surface area contributed by atoms with Crippen LogP contribution < -0.4 is 10.1 Å². The second-order valence-electron chi connectivity index (χ2n) is 8.07. The molecule has 2 aromatic heterocycles. The maximum Gasteiger partial charge on any atom is 0.162 e. The monoisotopic (exact) mass is 441 g/mol. The van der Waals surface area contributed by atoms with Crippen LogP contribution >= 0.6 is 22.9 Å². The first-order valence-electron chi connectivity index (χ1n) is 10.2. The summed E-state index contributed by atoms with van der Waals surface area (Å²) in [5.41, 5.74) is 3.01. The number of piperidine rings is 1. The Morgan fingerprint density at radius 1 is 1.23 bits per heavy atom. The normalized spacial score (nSPS) is 25.8. The van der Waals surface area contributed by atoms with Crippen LogP contribution in [0.5, 0.6) is 5.75 Å². The Bertz CT molecular complexity index is 1050. The lowest BCUT2D eigenvalue weighted by Gasteiger charge is -2.46. The molecule has 1 aromatic carbocycles. The van der Waals surface area contributed by atoms with Gasteiger partial charge in [0.25, 0.3) is 0 Å². The highest BCUT2D eigenvalue weighted by atomic mass is 35.5. The van der Waals surface area contributed by atoms with Crippen LogP contribution in [0.4, 0.5) is 0 Å². The van der Waals surface area contributed by atoms with Crippen molar-refractivity contribution >= 4 is 22.9 Å². The van der Waals surface area contributed by atoms with Crippen molar-refractivity contribution in [1.82, 2.24) is 15.3 Å². The fourth-order valence-corrected chi connectivity index (χ4v) is 6.22. The van der Waals surface area contributed by atoms with Gasteiger partial charge in [-0.05, 0) is 43.5 Å². The van der Waals surface area contributed by atoms with Gasteiger partial charge < -0.3 is 14.8 Å². The van der Waals surface area contributed by atoms with E-state index >= 15 is 0 Å². The van der Waals surface area contributed by atoms with Crippen LogP contribution in [0.1, 0.15) is 41.8 Å². The quantitative estimate of drug-likeness (QED) is 0.609. The van der Waals surface area contributed by atoms with E-state index < -0.39 is 0 Å². The van der Waals surface area contributed by atoms with Gasteiger partial charge in [0.1, 0.15) is 11.4 Å². The van der Waals surface area contributed by atoms with E-state index in [0.29, 0.717) is 11.9 Å². The zero-order chi connectivity index (χ0) is 20.7. The molecule has 1 N–H and O–H groups in total. The maximum atomic E-state index is 6.45. The van der Waals surface area contributed by atoms with E-state index in [1.807, 2.05) is 36.7 Å². The molecule has 0 amide bonds. The van der Waals surface area contributed by atoms with Crippen LogP contribution in [0.15, 0.2) is 42.7 Å². The van der Waals surface area contributed by atoms with Crippen molar-refractivity contribution in [3.63, 3.8) is 0 Å². The van der Waals surface area contributed by atoms with Crippen LogP contribution in [-0.2, 0) is 16.8 Å². The Hall–Kier alpha value is -1.99. The molecular formula is C23H24ClN3O2S. The number of hydrogen-bond acceptors (Lipinski definition) is 6. The number of aromatic nitrogens is 2. The largest absolute Gasteiger partial charge is 0.496 e. The standard InChI is InChI=1S/C23H24ClN3O2S/c1-14-10-23(21-15(7-8-29-23)9-20(24)30-21)11-18(27-14)16-12-25-22(26-13-16)17-5-3-4-6-19(17)28-2/h3-6,9,12-14,18,27H,7-8,10-11H2,1-2H3/t14-,18-,23-/m0/s1. The fraction of sp³-hybridized carbons (Fsp3) is 0.391. The summed E-state index contributed by atoms with van der Waals surface area (Å²) in [5.74, 6) is 1.43. The van der Waals surface area contributed by atoms with Gasteiger partial charge in [-0.15, -0.1) is 11.3 Å². The van der Waals surface area contributed by atoms with E-state index in [9.17, 15) is 0 Å². The minimum atomic E-state index is -0.290. The predicted octanol–water partition coefficient (Wildman–Crippen LogP) is 5.15. The fourth-order valence-electron chi connectivity index (χ4n) is 4.76. The molecule has 3 atom stereocenters. The smallest absolute Gasteiger partial charge is 0.162 e. The van der Waals surface area contributed by atoms with Gasteiger partial charge >= 0.3 is 0 Å². The SMILES string of the molecule is COc1ccccc1-c1ncc([C@@H]2C[C@]3(C[C@H](C)N2)OCCc2cc(Cl)sc23)cn1. The van der Waals surface area contributed by atoms with Crippen molar-refractivity contribution in [2.24, 2.45) is 0 Å². The predicted molar refractivity (Wildman–Crippen MR) is 119 cm³/mol. The molecule has 3 aromatic rings. The minimum Gasteiger partial charge on any atom is -0.496 e. The Morgan fingerprint density at radius 3 is 2.83 bits per heavy atom. The Kier molecular flexibility index (Phi) is 5.27. The number of hydrogen-bond donors (Lipinski definition) is 1. The molecule has 156 valence electrons. The maximum absolute atomic E-state index is 6.45. The van der Waals surface area contributed by atoms with Gasteiger partial charge in [-0.25, -0.2) is 9.97 Å². The molecule has 5 nitrogen and oxygen atoms in total. The molecule has 0 aliphatic carbocycles. The summed E-state index contributed by atoms with van der Waals surface area (Å²) in [6.45, 7) is 2.95. The van der Waals surface area contributed by atoms with Crippen molar-refractivity contribution in [3.8, 4) is 17.1 Å². The van der Waals surface area contributed by atoms with Crippen LogP contribution in [-0.4, -0.2) is 29.7 Å². The highest BCUT2D eigenvalue weighted by Crippen LogP contribution is 2.49. The molecule has 7 heteroatoms. The summed E-state index contributed by atoms with van der Waals surface area (Å²) < 4.78 is 12.7. The minimum absolute atomic E-state index is 0.118. The Labute approximate surface area is 185 Å². The number of ether oxygens (including phenoxy) is 2. The van der Waals surface area contributed by atoms with Gasteiger partial charge in [-0.2, -0.15) is 0 Å². The number of nitrogens with one attached hydrogen (secondary N) is 1. The molecule has 0 unspecified atom stereocenters.